The van der Waals surface area contributed by atoms with Crippen LogP contribution in [0.25, 0.3) is 0 Å². The minimum Gasteiger partial charge on any atom is -0.390 e. The van der Waals surface area contributed by atoms with Gasteiger partial charge in [0.1, 0.15) is 0 Å². The first kappa shape index (κ1) is 15.3. The summed E-state index contributed by atoms with van der Waals surface area (Å²) in [5.41, 5.74) is 1.02. The van der Waals surface area contributed by atoms with Gasteiger partial charge in [-0.1, -0.05) is 23.2 Å². The van der Waals surface area contributed by atoms with Crippen molar-refractivity contribution in [1.29, 1.82) is 0 Å². The van der Waals surface area contributed by atoms with Gasteiger partial charge < -0.3 is 5.11 Å². The summed E-state index contributed by atoms with van der Waals surface area (Å²) in [7, 11) is 1.95. The van der Waals surface area contributed by atoms with Crippen LogP contribution in [0.4, 0.5) is 0 Å². The molecule has 1 aromatic carbocycles. The molecule has 0 saturated carbocycles. The minimum atomic E-state index is -0.477. The summed E-state index contributed by atoms with van der Waals surface area (Å²) in [6.45, 7) is 1.70. The van der Waals surface area contributed by atoms with E-state index in [4.69, 9.17) is 23.2 Å². The van der Waals surface area contributed by atoms with Gasteiger partial charge in [0, 0.05) is 35.5 Å². The maximum absolute atomic E-state index is 10.0. The van der Waals surface area contributed by atoms with Crippen molar-refractivity contribution in [3.05, 3.63) is 52.3 Å². The van der Waals surface area contributed by atoms with Crippen LogP contribution < -0.4 is 0 Å². The number of benzene rings is 1. The normalized spacial score (nSPS) is 12.8. The fourth-order valence-corrected chi connectivity index (χ4v) is 2.69. The lowest BCUT2D eigenvalue weighted by atomic mass is 10.2. The number of likely N-dealkylation sites (N-methyl/N-ethyl adjacent to an activating group) is 1. The zero-order valence-electron chi connectivity index (χ0n) is 11.2. The molecular formula is C14H17Cl2N3O. The smallest absolute Gasteiger partial charge is 0.0862 e. The van der Waals surface area contributed by atoms with E-state index in [1.54, 1.807) is 16.9 Å². The Balaban J connectivity index is 1.86. The van der Waals surface area contributed by atoms with Crippen LogP contribution in [0, 0.1) is 0 Å². The summed E-state index contributed by atoms with van der Waals surface area (Å²) in [5.74, 6) is 0. The highest BCUT2D eigenvalue weighted by atomic mass is 35.5. The van der Waals surface area contributed by atoms with Crippen LogP contribution >= 0.6 is 23.2 Å². The first-order valence-electron chi connectivity index (χ1n) is 6.32. The molecule has 0 radical (unpaired) electrons. The van der Waals surface area contributed by atoms with E-state index in [0.717, 1.165) is 5.56 Å². The molecule has 0 unspecified atom stereocenters. The lowest BCUT2D eigenvalue weighted by Crippen LogP contribution is -2.31. The van der Waals surface area contributed by atoms with Gasteiger partial charge in [-0.05, 0) is 36.9 Å². The van der Waals surface area contributed by atoms with E-state index >= 15 is 0 Å². The summed E-state index contributed by atoms with van der Waals surface area (Å²) >= 11 is 11.9. The molecule has 0 aliphatic rings. The molecule has 0 spiro atoms. The third kappa shape index (κ3) is 4.80. The first-order valence-corrected chi connectivity index (χ1v) is 7.07. The number of nitrogens with zero attached hydrogens (tertiary/aromatic N) is 3. The van der Waals surface area contributed by atoms with Gasteiger partial charge in [-0.15, -0.1) is 0 Å². The molecule has 1 N–H and O–H groups in total. The second-order valence-corrected chi connectivity index (χ2v) is 5.73. The van der Waals surface area contributed by atoms with Crippen molar-refractivity contribution < 1.29 is 5.11 Å². The number of halogens is 2. The van der Waals surface area contributed by atoms with Gasteiger partial charge in [-0.25, -0.2) is 0 Å². The lowest BCUT2D eigenvalue weighted by Gasteiger charge is -2.20. The molecule has 2 rings (SSSR count). The highest BCUT2D eigenvalue weighted by molar-refractivity contribution is 6.34. The Morgan fingerprint density at radius 2 is 2.00 bits per heavy atom. The standard InChI is InChI=1S/C14H17Cl2N3O/c1-18(8-11-5-12(15)7-13(16)6-11)9-14(20)10-19-4-2-3-17-19/h2-7,14,20H,8-10H2,1H3/t14-/m1/s1. The highest BCUT2D eigenvalue weighted by Crippen LogP contribution is 2.19. The zero-order valence-corrected chi connectivity index (χ0v) is 12.7. The largest absolute Gasteiger partial charge is 0.390 e. The predicted molar refractivity (Wildman–Crippen MR) is 81.0 cm³/mol. The van der Waals surface area contributed by atoms with Gasteiger partial charge in [0.2, 0.25) is 0 Å². The van der Waals surface area contributed by atoms with Crippen LogP contribution in [0.15, 0.2) is 36.7 Å². The van der Waals surface area contributed by atoms with Crippen molar-refractivity contribution in [1.82, 2.24) is 14.7 Å². The molecular weight excluding hydrogens is 297 g/mol. The maximum atomic E-state index is 10.0. The zero-order chi connectivity index (χ0) is 14.5. The van der Waals surface area contributed by atoms with Crippen molar-refractivity contribution in [2.24, 2.45) is 0 Å². The third-order valence-corrected chi connectivity index (χ3v) is 3.29. The number of aliphatic hydroxyl groups excluding tert-OH is 1. The summed E-state index contributed by atoms with van der Waals surface area (Å²) < 4.78 is 1.72. The Kier molecular flexibility index (Phi) is 5.43. The van der Waals surface area contributed by atoms with Crippen LogP contribution in [0.2, 0.25) is 10.0 Å². The van der Waals surface area contributed by atoms with Crippen LogP contribution in [-0.2, 0) is 13.1 Å². The Bertz CT molecular complexity index is 525. The van der Waals surface area contributed by atoms with E-state index in [-0.39, 0.29) is 0 Å². The van der Waals surface area contributed by atoms with E-state index in [1.807, 2.05) is 36.3 Å². The summed E-state index contributed by atoms with van der Waals surface area (Å²) in [5, 5.41) is 15.3. The fraction of sp³-hybridized carbons (Fsp3) is 0.357. The minimum absolute atomic E-state index is 0.477. The molecule has 0 amide bonds. The molecule has 0 fully saturated rings. The fourth-order valence-electron chi connectivity index (χ4n) is 2.12. The topological polar surface area (TPSA) is 41.3 Å². The van der Waals surface area contributed by atoms with Gasteiger partial charge in [-0.3, -0.25) is 9.58 Å². The molecule has 0 saturated heterocycles. The van der Waals surface area contributed by atoms with Crippen LogP contribution in [-0.4, -0.2) is 39.5 Å². The van der Waals surface area contributed by atoms with Crippen LogP contribution in [0.3, 0.4) is 0 Å². The van der Waals surface area contributed by atoms with Crippen molar-refractivity contribution >= 4 is 23.2 Å². The molecule has 1 atom stereocenters. The summed E-state index contributed by atoms with van der Waals surface area (Å²) in [6.07, 6.45) is 3.05. The van der Waals surface area contributed by atoms with Gasteiger partial charge in [0.05, 0.1) is 12.6 Å². The summed E-state index contributed by atoms with van der Waals surface area (Å²) in [4.78, 5) is 2.02. The molecule has 0 aliphatic carbocycles. The Labute approximate surface area is 128 Å². The average molecular weight is 314 g/mol. The third-order valence-electron chi connectivity index (χ3n) is 2.85. The molecule has 4 nitrogen and oxygen atoms in total. The van der Waals surface area contributed by atoms with Gasteiger partial charge >= 0.3 is 0 Å². The van der Waals surface area contributed by atoms with E-state index in [2.05, 4.69) is 5.10 Å². The van der Waals surface area contributed by atoms with Crippen molar-refractivity contribution in [2.45, 2.75) is 19.2 Å². The number of aliphatic hydroxyl groups is 1. The molecule has 2 aromatic rings. The molecule has 0 bridgehead atoms. The molecule has 6 heteroatoms. The Morgan fingerprint density at radius 1 is 1.30 bits per heavy atom. The van der Waals surface area contributed by atoms with E-state index in [1.165, 1.54) is 0 Å². The number of hydrogen-bond acceptors (Lipinski definition) is 3. The number of hydrogen-bond donors (Lipinski definition) is 1. The molecule has 1 aromatic heterocycles. The average Bonchev–Trinajstić information content (AvgIpc) is 2.79. The van der Waals surface area contributed by atoms with Crippen molar-refractivity contribution in [3.8, 4) is 0 Å². The highest BCUT2D eigenvalue weighted by Gasteiger charge is 2.10. The Morgan fingerprint density at radius 3 is 2.60 bits per heavy atom. The van der Waals surface area contributed by atoms with E-state index in [9.17, 15) is 5.11 Å². The van der Waals surface area contributed by atoms with Crippen LogP contribution in [0.5, 0.6) is 0 Å². The molecule has 108 valence electrons. The van der Waals surface area contributed by atoms with Gasteiger partial charge in [0.15, 0.2) is 0 Å². The molecule has 20 heavy (non-hydrogen) atoms. The SMILES string of the molecule is CN(Cc1cc(Cl)cc(Cl)c1)C[C@@H](O)Cn1cccn1. The second-order valence-electron chi connectivity index (χ2n) is 4.86. The van der Waals surface area contributed by atoms with Crippen LogP contribution in [0.1, 0.15) is 5.56 Å². The molecule has 0 aliphatic heterocycles. The second kappa shape index (κ2) is 7.09. The van der Waals surface area contributed by atoms with Gasteiger partial charge in [-0.2, -0.15) is 5.10 Å². The monoisotopic (exact) mass is 313 g/mol. The lowest BCUT2D eigenvalue weighted by molar-refractivity contribution is 0.104. The number of rotatable bonds is 6. The first-order chi connectivity index (χ1) is 9.52. The van der Waals surface area contributed by atoms with Crippen molar-refractivity contribution in [2.75, 3.05) is 13.6 Å². The van der Waals surface area contributed by atoms with Crippen molar-refractivity contribution in [3.63, 3.8) is 0 Å². The van der Waals surface area contributed by atoms with Gasteiger partial charge in [0.25, 0.3) is 0 Å². The Hall–Kier alpha value is -1.07. The maximum Gasteiger partial charge on any atom is 0.0862 e. The van der Waals surface area contributed by atoms with E-state index in [0.29, 0.717) is 29.7 Å². The predicted octanol–water partition coefficient (Wildman–Crippen LogP) is 2.68. The quantitative estimate of drug-likeness (QED) is 0.891. The molecule has 1 heterocycles. The summed E-state index contributed by atoms with van der Waals surface area (Å²) in [6, 6.07) is 7.30. The number of aromatic nitrogens is 2. The van der Waals surface area contributed by atoms with E-state index < -0.39 is 6.10 Å².